The third kappa shape index (κ3) is 8.34. The zero-order chi connectivity index (χ0) is 31.5. The lowest BCUT2D eigenvalue weighted by Gasteiger charge is -2.33. The minimum absolute atomic E-state index is 0.106. The van der Waals surface area contributed by atoms with Crippen molar-refractivity contribution in [3.63, 3.8) is 0 Å². The molecule has 11 heteroatoms. The zero-order valence-electron chi connectivity index (χ0n) is 26.8. The Morgan fingerprint density at radius 3 is 2.44 bits per heavy atom. The second-order valence-electron chi connectivity index (χ2n) is 13.1. The molecule has 1 atom stereocenters. The molecule has 3 aromatic rings. The highest BCUT2D eigenvalue weighted by Crippen LogP contribution is 2.35. The molecule has 1 fully saturated rings. The smallest absolute Gasteiger partial charge is 0.415 e. The van der Waals surface area contributed by atoms with Gasteiger partial charge in [-0.05, 0) is 72.4 Å². The van der Waals surface area contributed by atoms with E-state index in [1.54, 1.807) is 28.7 Å². The first kappa shape index (κ1) is 32.4. The highest BCUT2D eigenvalue weighted by Gasteiger charge is 2.31. The number of piperidine rings is 1. The van der Waals surface area contributed by atoms with Crippen LogP contribution >= 0.6 is 11.8 Å². The van der Waals surface area contributed by atoms with Crippen molar-refractivity contribution < 1.29 is 23.8 Å². The van der Waals surface area contributed by atoms with Crippen LogP contribution in [0.1, 0.15) is 85.4 Å². The molecule has 1 saturated heterocycles. The molecule has 0 aliphatic carbocycles. The van der Waals surface area contributed by atoms with Crippen LogP contribution < -0.4 is 9.64 Å². The van der Waals surface area contributed by atoms with E-state index in [4.69, 9.17) is 24.3 Å². The quantitative estimate of drug-likeness (QED) is 0.275. The number of hydrogen-bond acceptors (Lipinski definition) is 8. The Balaban J connectivity index is 1.75. The number of methoxy groups -OCH3 is 1. The van der Waals surface area contributed by atoms with Gasteiger partial charge in [-0.1, -0.05) is 43.8 Å². The topological polar surface area (TPSA) is 98.5 Å². The molecule has 43 heavy (non-hydrogen) atoms. The Labute approximate surface area is 259 Å². The molecular formula is C32H45N5O5S. The first-order valence-corrected chi connectivity index (χ1v) is 15.7. The number of benzene rings is 1. The summed E-state index contributed by atoms with van der Waals surface area (Å²) in [6.07, 6.45) is 2.81. The van der Waals surface area contributed by atoms with E-state index >= 15 is 0 Å². The van der Waals surface area contributed by atoms with Crippen LogP contribution in [0.5, 0.6) is 5.75 Å². The van der Waals surface area contributed by atoms with Crippen LogP contribution in [-0.4, -0.2) is 68.3 Å². The van der Waals surface area contributed by atoms with Crippen molar-refractivity contribution in [2.45, 2.75) is 102 Å². The van der Waals surface area contributed by atoms with Crippen molar-refractivity contribution in [3.8, 4) is 5.75 Å². The molecule has 1 aliphatic heterocycles. The number of amides is 2. The first-order valence-electron chi connectivity index (χ1n) is 14.8. The number of anilines is 1. The number of thioether (sulfide) groups is 1. The number of para-hydroxylation sites is 1. The molecule has 1 aliphatic rings. The van der Waals surface area contributed by atoms with Crippen molar-refractivity contribution >= 4 is 35.3 Å². The van der Waals surface area contributed by atoms with Crippen molar-refractivity contribution in [1.29, 1.82) is 0 Å². The Hall–Kier alpha value is -3.47. The van der Waals surface area contributed by atoms with Gasteiger partial charge in [0.1, 0.15) is 22.0 Å². The summed E-state index contributed by atoms with van der Waals surface area (Å²) in [4.78, 5) is 34.8. The summed E-state index contributed by atoms with van der Waals surface area (Å²) < 4.78 is 19.0. The van der Waals surface area contributed by atoms with Crippen LogP contribution in [-0.2, 0) is 16.0 Å². The minimum Gasteiger partial charge on any atom is -0.496 e. The SMILES string of the molecule is COc1ccccc1CN(C(=O)OC(C)(C)C)c1cc(SC2CCCN(C(=O)OC(C)(C)C)C2)nn2c(C(C)C)cnc12. The number of nitrogens with zero attached hydrogens (tertiary/aromatic N) is 5. The van der Waals surface area contributed by atoms with Gasteiger partial charge in [0.15, 0.2) is 5.65 Å². The normalized spacial score (nSPS) is 16.0. The third-order valence-corrected chi connectivity index (χ3v) is 7.95. The van der Waals surface area contributed by atoms with E-state index in [0.29, 0.717) is 30.2 Å². The first-order chi connectivity index (χ1) is 20.1. The molecule has 4 rings (SSSR count). The summed E-state index contributed by atoms with van der Waals surface area (Å²) in [5, 5.41) is 5.81. The van der Waals surface area contributed by atoms with Crippen LogP contribution in [0.2, 0.25) is 0 Å². The van der Waals surface area contributed by atoms with Gasteiger partial charge in [0.2, 0.25) is 0 Å². The number of aromatic nitrogens is 3. The van der Waals surface area contributed by atoms with Gasteiger partial charge < -0.3 is 19.1 Å². The van der Waals surface area contributed by atoms with Crippen LogP contribution in [0.25, 0.3) is 5.65 Å². The standard InChI is InChI=1S/C32H45N5O5S/c1-21(2)25-18-33-28-24(36(30(39)42-32(6,7)8)19-22-13-10-11-15-26(22)40-9)17-27(34-37(25)28)43-23-14-12-16-35(20-23)29(38)41-31(3,4)5/h10-11,13,15,17-18,21,23H,12,14,16,19-20H2,1-9H3. The summed E-state index contributed by atoms with van der Waals surface area (Å²) in [6.45, 7) is 16.8. The molecule has 0 radical (unpaired) electrons. The van der Waals surface area contributed by atoms with Crippen LogP contribution in [0.3, 0.4) is 0 Å². The van der Waals surface area contributed by atoms with Crippen molar-refractivity contribution in [2.24, 2.45) is 0 Å². The molecule has 234 valence electrons. The summed E-state index contributed by atoms with van der Waals surface area (Å²) in [6, 6.07) is 9.53. The minimum atomic E-state index is -0.706. The van der Waals surface area contributed by atoms with Gasteiger partial charge in [-0.3, -0.25) is 4.90 Å². The molecule has 0 bridgehead atoms. The fourth-order valence-electron chi connectivity index (χ4n) is 4.86. The highest BCUT2D eigenvalue weighted by atomic mass is 32.2. The maximum Gasteiger partial charge on any atom is 0.415 e. The number of rotatable bonds is 7. The molecule has 0 N–H and O–H groups in total. The molecule has 2 aromatic heterocycles. The summed E-state index contributed by atoms with van der Waals surface area (Å²) in [7, 11) is 1.62. The lowest BCUT2D eigenvalue weighted by atomic mass is 10.1. The Morgan fingerprint density at radius 1 is 1.09 bits per heavy atom. The molecule has 2 amide bonds. The predicted octanol–water partition coefficient (Wildman–Crippen LogP) is 7.29. The van der Waals surface area contributed by atoms with Crippen molar-refractivity contribution in [2.75, 3.05) is 25.1 Å². The van der Waals surface area contributed by atoms with Crippen LogP contribution in [0.15, 0.2) is 41.6 Å². The fourth-order valence-corrected chi connectivity index (χ4v) is 6.05. The Morgan fingerprint density at radius 2 is 1.79 bits per heavy atom. The molecule has 1 unspecified atom stereocenters. The predicted molar refractivity (Wildman–Crippen MR) is 169 cm³/mol. The highest BCUT2D eigenvalue weighted by molar-refractivity contribution is 7.99. The van der Waals surface area contributed by atoms with Gasteiger partial charge in [-0.25, -0.2) is 19.1 Å². The van der Waals surface area contributed by atoms with Gasteiger partial charge in [-0.15, -0.1) is 0 Å². The van der Waals surface area contributed by atoms with E-state index in [-0.39, 0.29) is 23.8 Å². The van der Waals surface area contributed by atoms with Crippen molar-refractivity contribution in [1.82, 2.24) is 19.5 Å². The number of hydrogen-bond donors (Lipinski definition) is 0. The Kier molecular flexibility index (Phi) is 9.83. The number of ether oxygens (including phenoxy) is 3. The number of carbonyl (C=O) groups is 2. The molecule has 0 spiro atoms. The average molecular weight is 612 g/mol. The van der Waals surface area contributed by atoms with Gasteiger partial charge in [0.25, 0.3) is 0 Å². The Bertz CT molecular complexity index is 1440. The van der Waals surface area contributed by atoms with Crippen LogP contribution in [0, 0.1) is 0 Å². The molecule has 10 nitrogen and oxygen atoms in total. The van der Waals surface area contributed by atoms with Gasteiger partial charge in [0, 0.05) is 23.9 Å². The summed E-state index contributed by atoms with van der Waals surface area (Å²) >= 11 is 1.60. The van der Waals surface area contributed by atoms with Crippen LogP contribution in [0.4, 0.5) is 15.3 Å². The van der Waals surface area contributed by atoms with E-state index in [0.717, 1.165) is 29.1 Å². The summed E-state index contributed by atoms with van der Waals surface area (Å²) in [5.74, 6) is 0.823. The fraction of sp³-hybridized carbons (Fsp3) is 0.562. The number of carbonyl (C=O) groups excluding carboxylic acids is 2. The van der Waals surface area contributed by atoms with Crippen molar-refractivity contribution in [3.05, 3.63) is 47.8 Å². The largest absolute Gasteiger partial charge is 0.496 e. The monoisotopic (exact) mass is 611 g/mol. The average Bonchev–Trinajstić information content (AvgIpc) is 3.34. The van der Waals surface area contributed by atoms with E-state index in [9.17, 15) is 9.59 Å². The number of likely N-dealkylation sites (tertiary alicyclic amines) is 1. The molecule has 1 aromatic carbocycles. The van der Waals surface area contributed by atoms with Gasteiger partial charge >= 0.3 is 12.2 Å². The van der Waals surface area contributed by atoms with E-state index in [1.165, 1.54) is 0 Å². The lowest BCUT2D eigenvalue weighted by Crippen LogP contribution is -2.43. The van der Waals surface area contributed by atoms with E-state index in [1.807, 2.05) is 82.6 Å². The van der Waals surface area contributed by atoms with Gasteiger partial charge in [0.05, 0.1) is 31.2 Å². The number of fused-ring (bicyclic) bond motifs is 1. The lowest BCUT2D eigenvalue weighted by molar-refractivity contribution is 0.0220. The zero-order valence-corrected chi connectivity index (χ0v) is 27.7. The molecule has 3 heterocycles. The molecule has 0 saturated carbocycles. The molecular weight excluding hydrogens is 566 g/mol. The second kappa shape index (κ2) is 13.0. The third-order valence-electron chi connectivity index (χ3n) is 6.79. The van der Waals surface area contributed by atoms with E-state index in [2.05, 4.69) is 13.8 Å². The maximum atomic E-state index is 13.8. The summed E-state index contributed by atoms with van der Waals surface area (Å²) in [5.41, 5.74) is 1.65. The van der Waals surface area contributed by atoms with E-state index < -0.39 is 17.3 Å². The second-order valence-corrected chi connectivity index (χ2v) is 14.4. The number of imidazole rings is 1. The van der Waals surface area contributed by atoms with Gasteiger partial charge in [-0.2, -0.15) is 5.10 Å². The maximum absolute atomic E-state index is 13.8.